The van der Waals surface area contributed by atoms with Crippen molar-refractivity contribution < 1.29 is 4.74 Å². The molecule has 0 fully saturated rings. The molecule has 0 radical (unpaired) electrons. The molecule has 1 heterocycles. The number of methoxy groups -OCH3 is 1. The number of ether oxygens (including phenoxy) is 1. The van der Waals surface area contributed by atoms with E-state index in [9.17, 15) is 0 Å². The lowest BCUT2D eigenvalue weighted by molar-refractivity contribution is 0.189. The van der Waals surface area contributed by atoms with Crippen molar-refractivity contribution in [1.29, 1.82) is 0 Å². The van der Waals surface area contributed by atoms with E-state index in [0.717, 1.165) is 19.6 Å². The van der Waals surface area contributed by atoms with E-state index in [1.165, 1.54) is 0 Å². The first-order chi connectivity index (χ1) is 4.93. The van der Waals surface area contributed by atoms with Crippen LogP contribution in [0.25, 0.3) is 0 Å². The van der Waals surface area contributed by atoms with Crippen LogP contribution in [-0.4, -0.2) is 23.5 Å². The SMILES string of the molecule is COCCCn1cccn1. The molecule has 0 saturated carbocycles. The minimum Gasteiger partial charge on any atom is -0.385 e. The molecule has 0 amide bonds. The predicted octanol–water partition coefficient (Wildman–Crippen LogP) is 0.920. The predicted molar refractivity (Wildman–Crippen MR) is 38.7 cm³/mol. The van der Waals surface area contributed by atoms with Crippen molar-refractivity contribution in [3.05, 3.63) is 18.5 Å². The molecular formula is C7H12N2O. The van der Waals surface area contributed by atoms with Gasteiger partial charge < -0.3 is 4.74 Å². The lowest BCUT2D eigenvalue weighted by Gasteiger charge is -1.98. The smallest absolute Gasteiger partial charge is 0.0489 e. The van der Waals surface area contributed by atoms with E-state index in [1.807, 2.05) is 16.9 Å². The highest BCUT2D eigenvalue weighted by molar-refractivity contribution is 4.77. The monoisotopic (exact) mass is 140 g/mol. The molecule has 0 aliphatic heterocycles. The zero-order chi connectivity index (χ0) is 7.23. The van der Waals surface area contributed by atoms with Crippen LogP contribution in [0.3, 0.4) is 0 Å². The van der Waals surface area contributed by atoms with E-state index >= 15 is 0 Å². The first kappa shape index (κ1) is 7.28. The standard InChI is InChI=1S/C7H12N2O/c1-10-7-3-6-9-5-2-4-8-9/h2,4-5H,3,6-7H2,1H3. The highest BCUT2D eigenvalue weighted by atomic mass is 16.5. The molecule has 56 valence electrons. The molecule has 1 rings (SSSR count). The second kappa shape index (κ2) is 4.06. The van der Waals surface area contributed by atoms with Crippen LogP contribution in [0.15, 0.2) is 18.5 Å². The molecule has 0 atom stereocenters. The molecule has 3 nitrogen and oxygen atoms in total. The maximum absolute atomic E-state index is 4.90. The van der Waals surface area contributed by atoms with Crippen LogP contribution in [0.4, 0.5) is 0 Å². The topological polar surface area (TPSA) is 27.1 Å². The van der Waals surface area contributed by atoms with Crippen LogP contribution in [0, 0.1) is 0 Å². The molecule has 0 aromatic carbocycles. The molecule has 10 heavy (non-hydrogen) atoms. The van der Waals surface area contributed by atoms with Gasteiger partial charge in [0.2, 0.25) is 0 Å². The Labute approximate surface area is 60.6 Å². The van der Waals surface area contributed by atoms with Crippen molar-refractivity contribution in [3.8, 4) is 0 Å². The first-order valence-electron chi connectivity index (χ1n) is 3.40. The average molecular weight is 140 g/mol. The number of hydrogen-bond acceptors (Lipinski definition) is 2. The quantitative estimate of drug-likeness (QED) is 0.581. The molecule has 0 bridgehead atoms. The third-order valence-corrected chi connectivity index (χ3v) is 1.29. The summed E-state index contributed by atoms with van der Waals surface area (Å²) >= 11 is 0. The fourth-order valence-corrected chi connectivity index (χ4v) is 0.804. The number of nitrogens with zero attached hydrogens (tertiary/aromatic N) is 2. The van der Waals surface area contributed by atoms with Crippen molar-refractivity contribution in [3.63, 3.8) is 0 Å². The van der Waals surface area contributed by atoms with Gasteiger partial charge in [-0.1, -0.05) is 0 Å². The summed E-state index contributed by atoms with van der Waals surface area (Å²) in [6, 6.07) is 1.92. The molecule has 0 saturated heterocycles. The molecule has 0 spiro atoms. The lowest BCUT2D eigenvalue weighted by Crippen LogP contribution is -2.01. The molecule has 1 aromatic heterocycles. The Hall–Kier alpha value is -0.830. The van der Waals surface area contributed by atoms with Gasteiger partial charge in [0, 0.05) is 32.7 Å². The van der Waals surface area contributed by atoms with E-state index in [-0.39, 0.29) is 0 Å². The Bertz CT molecular complexity index is 160. The van der Waals surface area contributed by atoms with Crippen LogP contribution in [0.5, 0.6) is 0 Å². The zero-order valence-electron chi connectivity index (χ0n) is 6.16. The Balaban J connectivity index is 2.15. The summed E-state index contributed by atoms with van der Waals surface area (Å²) in [6.45, 7) is 1.75. The Morgan fingerprint density at radius 3 is 3.10 bits per heavy atom. The maximum atomic E-state index is 4.90. The summed E-state index contributed by atoms with van der Waals surface area (Å²) in [7, 11) is 1.71. The van der Waals surface area contributed by atoms with E-state index in [0.29, 0.717) is 0 Å². The summed E-state index contributed by atoms with van der Waals surface area (Å²) in [4.78, 5) is 0. The van der Waals surface area contributed by atoms with Crippen LogP contribution in [0.1, 0.15) is 6.42 Å². The van der Waals surface area contributed by atoms with Gasteiger partial charge in [-0.2, -0.15) is 5.10 Å². The summed E-state index contributed by atoms with van der Waals surface area (Å²) in [5, 5.41) is 4.05. The summed E-state index contributed by atoms with van der Waals surface area (Å²) in [5.41, 5.74) is 0. The number of rotatable bonds is 4. The van der Waals surface area contributed by atoms with Gasteiger partial charge in [0.25, 0.3) is 0 Å². The van der Waals surface area contributed by atoms with Crippen LogP contribution in [0.2, 0.25) is 0 Å². The van der Waals surface area contributed by atoms with Gasteiger partial charge in [0.05, 0.1) is 0 Å². The Morgan fingerprint density at radius 2 is 2.50 bits per heavy atom. The number of hydrogen-bond donors (Lipinski definition) is 0. The van der Waals surface area contributed by atoms with Crippen LogP contribution >= 0.6 is 0 Å². The highest BCUT2D eigenvalue weighted by Crippen LogP contribution is 1.88. The van der Waals surface area contributed by atoms with Crippen LogP contribution < -0.4 is 0 Å². The van der Waals surface area contributed by atoms with Crippen molar-refractivity contribution >= 4 is 0 Å². The summed E-state index contributed by atoms with van der Waals surface area (Å²) < 4.78 is 6.80. The van der Waals surface area contributed by atoms with Gasteiger partial charge >= 0.3 is 0 Å². The number of aromatic nitrogens is 2. The van der Waals surface area contributed by atoms with Gasteiger partial charge in [-0.3, -0.25) is 4.68 Å². The summed E-state index contributed by atoms with van der Waals surface area (Å²) in [6.07, 6.45) is 4.76. The average Bonchev–Trinajstić information content (AvgIpc) is 2.41. The van der Waals surface area contributed by atoms with E-state index in [1.54, 1.807) is 13.3 Å². The summed E-state index contributed by atoms with van der Waals surface area (Å²) in [5.74, 6) is 0. The van der Waals surface area contributed by atoms with Gasteiger partial charge in [0.1, 0.15) is 0 Å². The van der Waals surface area contributed by atoms with Gasteiger partial charge in [0.15, 0.2) is 0 Å². The molecule has 1 aromatic rings. The molecule has 0 N–H and O–H groups in total. The fraction of sp³-hybridized carbons (Fsp3) is 0.571. The van der Waals surface area contributed by atoms with Gasteiger partial charge in [-0.15, -0.1) is 0 Å². The molecule has 3 heteroatoms. The van der Waals surface area contributed by atoms with Gasteiger partial charge in [-0.05, 0) is 12.5 Å². The molecule has 0 aliphatic carbocycles. The van der Waals surface area contributed by atoms with Gasteiger partial charge in [-0.25, -0.2) is 0 Å². The first-order valence-corrected chi connectivity index (χ1v) is 3.40. The van der Waals surface area contributed by atoms with Crippen molar-refractivity contribution in [2.75, 3.05) is 13.7 Å². The normalized spacial score (nSPS) is 10.1. The molecule has 0 unspecified atom stereocenters. The Morgan fingerprint density at radius 1 is 1.60 bits per heavy atom. The third kappa shape index (κ3) is 2.19. The van der Waals surface area contributed by atoms with Crippen molar-refractivity contribution in [2.24, 2.45) is 0 Å². The zero-order valence-corrected chi connectivity index (χ0v) is 6.16. The molecular weight excluding hydrogens is 128 g/mol. The number of aryl methyl sites for hydroxylation is 1. The van der Waals surface area contributed by atoms with E-state index < -0.39 is 0 Å². The lowest BCUT2D eigenvalue weighted by atomic mass is 10.4. The van der Waals surface area contributed by atoms with Crippen molar-refractivity contribution in [2.45, 2.75) is 13.0 Å². The molecule has 0 aliphatic rings. The minimum absolute atomic E-state index is 0.805. The maximum Gasteiger partial charge on any atom is 0.0489 e. The third-order valence-electron chi connectivity index (χ3n) is 1.29. The Kier molecular flexibility index (Phi) is 2.96. The van der Waals surface area contributed by atoms with Crippen LogP contribution in [-0.2, 0) is 11.3 Å². The van der Waals surface area contributed by atoms with E-state index in [4.69, 9.17) is 4.74 Å². The van der Waals surface area contributed by atoms with Crippen molar-refractivity contribution in [1.82, 2.24) is 9.78 Å². The fourth-order valence-electron chi connectivity index (χ4n) is 0.804. The largest absolute Gasteiger partial charge is 0.385 e. The minimum atomic E-state index is 0.805. The second-order valence-electron chi connectivity index (χ2n) is 2.12. The highest BCUT2D eigenvalue weighted by Gasteiger charge is 1.88. The second-order valence-corrected chi connectivity index (χ2v) is 2.12. The van der Waals surface area contributed by atoms with E-state index in [2.05, 4.69) is 5.10 Å².